The van der Waals surface area contributed by atoms with Crippen molar-refractivity contribution in [2.45, 2.75) is 0 Å². The molecular formula is C13H10N2O2. The van der Waals surface area contributed by atoms with Crippen molar-refractivity contribution in [3.63, 3.8) is 0 Å². The summed E-state index contributed by atoms with van der Waals surface area (Å²) in [5.41, 5.74) is 1.37. The third-order valence-corrected chi connectivity index (χ3v) is 2.19. The van der Waals surface area contributed by atoms with Gasteiger partial charge >= 0.3 is 5.97 Å². The van der Waals surface area contributed by atoms with E-state index in [0.717, 1.165) is 0 Å². The number of hydrogen-bond donors (Lipinski definition) is 1. The molecule has 0 unspecified atom stereocenters. The molecule has 0 fully saturated rings. The van der Waals surface area contributed by atoms with Crippen molar-refractivity contribution in [1.82, 2.24) is 9.97 Å². The van der Waals surface area contributed by atoms with Crippen LogP contribution in [0.25, 0.3) is 11.6 Å². The second-order valence-corrected chi connectivity index (χ2v) is 3.36. The maximum atomic E-state index is 11.2. The number of benzene rings is 1. The van der Waals surface area contributed by atoms with Gasteiger partial charge in [-0.15, -0.1) is 0 Å². The van der Waals surface area contributed by atoms with Crippen molar-refractivity contribution in [1.29, 1.82) is 0 Å². The Bertz CT molecular complexity index is 536. The van der Waals surface area contributed by atoms with E-state index in [9.17, 15) is 9.90 Å². The standard InChI is InChI=1S/C13H10N2O2/c16-13(17)12(10-4-2-1-3-5-10)8-11-9-14-6-7-15-11/h1-9H,(H,16,17). The molecule has 0 saturated carbocycles. The lowest BCUT2D eigenvalue weighted by atomic mass is 10.1. The normalized spacial score (nSPS) is 11.2. The first-order chi connectivity index (χ1) is 8.27. The van der Waals surface area contributed by atoms with Crippen LogP contribution in [0.15, 0.2) is 48.9 Å². The molecule has 2 rings (SSSR count). The minimum atomic E-state index is -0.984. The summed E-state index contributed by atoms with van der Waals surface area (Å²) in [5, 5.41) is 9.17. The molecule has 4 nitrogen and oxygen atoms in total. The fourth-order valence-electron chi connectivity index (χ4n) is 1.42. The average Bonchev–Trinajstić information content (AvgIpc) is 2.38. The monoisotopic (exact) mass is 226 g/mol. The molecule has 0 aliphatic heterocycles. The van der Waals surface area contributed by atoms with Crippen LogP contribution in [-0.2, 0) is 4.79 Å². The maximum Gasteiger partial charge on any atom is 0.336 e. The molecule has 1 aromatic carbocycles. The lowest BCUT2D eigenvalue weighted by Gasteiger charge is -2.01. The van der Waals surface area contributed by atoms with E-state index < -0.39 is 5.97 Å². The van der Waals surface area contributed by atoms with Crippen LogP contribution in [0.1, 0.15) is 11.3 Å². The summed E-state index contributed by atoms with van der Waals surface area (Å²) in [5.74, 6) is -0.984. The molecule has 1 heterocycles. The number of carboxylic acid groups (broad SMARTS) is 1. The summed E-state index contributed by atoms with van der Waals surface area (Å²) >= 11 is 0. The summed E-state index contributed by atoms with van der Waals surface area (Å²) in [6.07, 6.45) is 6.09. The van der Waals surface area contributed by atoms with E-state index in [0.29, 0.717) is 11.3 Å². The minimum Gasteiger partial charge on any atom is -0.478 e. The van der Waals surface area contributed by atoms with Gasteiger partial charge in [0, 0.05) is 12.4 Å². The van der Waals surface area contributed by atoms with Gasteiger partial charge in [-0.1, -0.05) is 30.3 Å². The van der Waals surface area contributed by atoms with Gasteiger partial charge in [0.05, 0.1) is 17.5 Å². The van der Waals surface area contributed by atoms with Crippen LogP contribution >= 0.6 is 0 Å². The van der Waals surface area contributed by atoms with Crippen molar-refractivity contribution in [2.75, 3.05) is 0 Å². The zero-order valence-corrected chi connectivity index (χ0v) is 8.95. The molecule has 0 aliphatic carbocycles. The molecule has 84 valence electrons. The average molecular weight is 226 g/mol. The molecule has 17 heavy (non-hydrogen) atoms. The van der Waals surface area contributed by atoms with Gasteiger partial charge in [-0.3, -0.25) is 9.97 Å². The minimum absolute atomic E-state index is 0.200. The Kier molecular flexibility index (Phi) is 3.25. The van der Waals surface area contributed by atoms with E-state index in [2.05, 4.69) is 9.97 Å². The second-order valence-electron chi connectivity index (χ2n) is 3.36. The van der Waals surface area contributed by atoms with Gasteiger partial charge in [-0.25, -0.2) is 4.79 Å². The molecule has 0 bridgehead atoms. The first-order valence-corrected chi connectivity index (χ1v) is 5.04. The molecule has 0 saturated heterocycles. The zero-order valence-electron chi connectivity index (χ0n) is 8.95. The fourth-order valence-corrected chi connectivity index (χ4v) is 1.42. The molecule has 2 aromatic rings. The molecule has 0 amide bonds. The first-order valence-electron chi connectivity index (χ1n) is 5.04. The molecule has 0 aliphatic rings. The van der Waals surface area contributed by atoms with Crippen LogP contribution in [0.4, 0.5) is 0 Å². The van der Waals surface area contributed by atoms with Gasteiger partial charge in [-0.2, -0.15) is 0 Å². The smallest absolute Gasteiger partial charge is 0.336 e. The maximum absolute atomic E-state index is 11.2. The SMILES string of the molecule is O=C(O)C(=Cc1cnccn1)c1ccccc1. The number of rotatable bonds is 3. The Morgan fingerprint density at radius 3 is 2.53 bits per heavy atom. The van der Waals surface area contributed by atoms with E-state index in [1.807, 2.05) is 6.07 Å². The van der Waals surface area contributed by atoms with Crippen LogP contribution in [0.5, 0.6) is 0 Å². The highest BCUT2D eigenvalue weighted by Crippen LogP contribution is 2.16. The Morgan fingerprint density at radius 1 is 1.18 bits per heavy atom. The summed E-state index contributed by atoms with van der Waals surface area (Å²) in [6, 6.07) is 8.92. The number of carbonyl (C=O) groups is 1. The molecule has 4 heteroatoms. The molecule has 0 radical (unpaired) electrons. The lowest BCUT2D eigenvalue weighted by molar-refractivity contribution is -0.130. The van der Waals surface area contributed by atoms with Crippen molar-refractivity contribution in [3.8, 4) is 0 Å². The van der Waals surface area contributed by atoms with Gasteiger partial charge in [0.1, 0.15) is 0 Å². The summed E-state index contributed by atoms with van der Waals surface area (Å²) in [6.45, 7) is 0. The number of hydrogen-bond acceptors (Lipinski definition) is 3. The van der Waals surface area contributed by atoms with E-state index in [4.69, 9.17) is 0 Å². The van der Waals surface area contributed by atoms with Crippen molar-refractivity contribution in [3.05, 3.63) is 60.2 Å². The Morgan fingerprint density at radius 2 is 1.94 bits per heavy atom. The highest BCUT2D eigenvalue weighted by atomic mass is 16.4. The third-order valence-electron chi connectivity index (χ3n) is 2.19. The Balaban J connectivity index is 2.44. The van der Waals surface area contributed by atoms with Crippen LogP contribution in [0.2, 0.25) is 0 Å². The van der Waals surface area contributed by atoms with E-state index >= 15 is 0 Å². The van der Waals surface area contributed by atoms with Gasteiger partial charge in [-0.05, 0) is 11.6 Å². The lowest BCUT2D eigenvalue weighted by Crippen LogP contribution is -1.99. The predicted molar refractivity (Wildman–Crippen MR) is 64.0 cm³/mol. The Hall–Kier alpha value is -2.49. The molecule has 0 atom stereocenters. The summed E-state index contributed by atoms with van der Waals surface area (Å²) < 4.78 is 0. The second kappa shape index (κ2) is 5.03. The number of aliphatic carboxylic acids is 1. The first kappa shape index (κ1) is 11.0. The highest BCUT2D eigenvalue weighted by Gasteiger charge is 2.09. The van der Waals surface area contributed by atoms with Crippen LogP contribution in [0, 0.1) is 0 Å². The van der Waals surface area contributed by atoms with Gasteiger partial charge in [0.15, 0.2) is 0 Å². The molecule has 1 N–H and O–H groups in total. The highest BCUT2D eigenvalue weighted by molar-refractivity contribution is 6.20. The number of aromatic nitrogens is 2. The molecular weight excluding hydrogens is 216 g/mol. The van der Waals surface area contributed by atoms with Crippen LogP contribution < -0.4 is 0 Å². The van der Waals surface area contributed by atoms with Crippen molar-refractivity contribution in [2.24, 2.45) is 0 Å². The topological polar surface area (TPSA) is 63.1 Å². The van der Waals surface area contributed by atoms with Gasteiger partial charge in [0.25, 0.3) is 0 Å². The third kappa shape index (κ3) is 2.75. The molecule has 0 spiro atoms. The summed E-state index contributed by atoms with van der Waals surface area (Å²) in [4.78, 5) is 19.1. The van der Waals surface area contributed by atoms with E-state index in [-0.39, 0.29) is 5.57 Å². The fraction of sp³-hybridized carbons (Fsp3) is 0. The van der Waals surface area contributed by atoms with Gasteiger partial charge in [0.2, 0.25) is 0 Å². The van der Waals surface area contributed by atoms with E-state index in [1.54, 1.807) is 30.5 Å². The quantitative estimate of drug-likeness (QED) is 0.814. The summed E-state index contributed by atoms with van der Waals surface area (Å²) in [7, 11) is 0. The van der Waals surface area contributed by atoms with Gasteiger partial charge < -0.3 is 5.11 Å². The Labute approximate surface area is 98.3 Å². The van der Waals surface area contributed by atoms with Crippen LogP contribution in [-0.4, -0.2) is 21.0 Å². The number of carboxylic acids is 1. The van der Waals surface area contributed by atoms with Crippen molar-refractivity contribution < 1.29 is 9.90 Å². The van der Waals surface area contributed by atoms with Crippen LogP contribution in [0.3, 0.4) is 0 Å². The predicted octanol–water partition coefficient (Wildman–Crippen LogP) is 2.10. The van der Waals surface area contributed by atoms with Crippen molar-refractivity contribution >= 4 is 17.6 Å². The molecule has 1 aromatic heterocycles. The van der Waals surface area contributed by atoms with E-state index in [1.165, 1.54) is 18.5 Å². The number of nitrogens with zero attached hydrogens (tertiary/aromatic N) is 2. The largest absolute Gasteiger partial charge is 0.478 e. The zero-order chi connectivity index (χ0) is 12.1.